The fraction of sp³-hybridized carbons (Fsp3) is 0.320. The molecule has 1 unspecified atom stereocenters. The molecule has 0 radical (unpaired) electrons. The SMILES string of the molecule is CCC/C=C/N=C(/C=C\CO)C(Cc1ccccc1)c1cccc(OC(F)(F)C(F)F)c1. The highest BCUT2D eigenvalue weighted by molar-refractivity contribution is 6.00. The third kappa shape index (κ3) is 7.96. The Morgan fingerprint density at radius 1 is 1.09 bits per heavy atom. The van der Waals surface area contributed by atoms with Crippen molar-refractivity contribution in [3.63, 3.8) is 0 Å². The molecule has 0 heterocycles. The van der Waals surface area contributed by atoms with Gasteiger partial charge in [0.05, 0.1) is 6.61 Å². The van der Waals surface area contributed by atoms with Gasteiger partial charge in [-0.15, -0.1) is 0 Å². The minimum absolute atomic E-state index is 0.195. The van der Waals surface area contributed by atoms with Crippen molar-refractivity contribution in [3.05, 3.63) is 90.2 Å². The van der Waals surface area contributed by atoms with E-state index in [2.05, 4.69) is 9.73 Å². The molecule has 0 spiro atoms. The number of ether oxygens (including phenoxy) is 1. The minimum atomic E-state index is -4.59. The number of hydrogen-bond acceptors (Lipinski definition) is 3. The average molecular weight is 449 g/mol. The van der Waals surface area contributed by atoms with Gasteiger partial charge >= 0.3 is 12.5 Å². The van der Waals surface area contributed by atoms with E-state index in [1.807, 2.05) is 43.3 Å². The van der Waals surface area contributed by atoms with Gasteiger partial charge in [0.25, 0.3) is 0 Å². The Hall–Kier alpha value is -2.93. The van der Waals surface area contributed by atoms with Gasteiger partial charge in [-0.1, -0.05) is 68.0 Å². The first-order valence-electron chi connectivity index (χ1n) is 10.4. The van der Waals surface area contributed by atoms with Crippen LogP contribution in [0, 0.1) is 0 Å². The molecule has 0 aliphatic rings. The van der Waals surface area contributed by atoms with E-state index in [-0.39, 0.29) is 12.4 Å². The lowest BCUT2D eigenvalue weighted by Gasteiger charge is -2.21. The molecule has 2 aromatic rings. The number of allylic oxidation sites excluding steroid dienone is 2. The summed E-state index contributed by atoms with van der Waals surface area (Å²) in [6, 6.07) is 15.2. The van der Waals surface area contributed by atoms with Crippen LogP contribution in [-0.2, 0) is 6.42 Å². The monoisotopic (exact) mass is 449 g/mol. The highest BCUT2D eigenvalue weighted by Crippen LogP contribution is 2.31. The van der Waals surface area contributed by atoms with E-state index in [1.165, 1.54) is 24.3 Å². The van der Waals surface area contributed by atoms with E-state index in [1.54, 1.807) is 18.3 Å². The summed E-state index contributed by atoms with van der Waals surface area (Å²) in [6.07, 6.45) is 0.532. The van der Waals surface area contributed by atoms with Crippen LogP contribution in [0.1, 0.15) is 36.8 Å². The van der Waals surface area contributed by atoms with Gasteiger partial charge in [0, 0.05) is 17.8 Å². The number of aliphatic imine (C=N–C) groups is 1. The molecule has 0 saturated heterocycles. The van der Waals surface area contributed by atoms with E-state index in [4.69, 9.17) is 0 Å². The number of aliphatic hydroxyl groups excluding tert-OH is 1. The molecule has 0 fully saturated rings. The van der Waals surface area contributed by atoms with Crippen LogP contribution < -0.4 is 4.74 Å². The number of hydrogen-bond donors (Lipinski definition) is 1. The molecule has 172 valence electrons. The van der Waals surface area contributed by atoms with Gasteiger partial charge < -0.3 is 9.84 Å². The van der Waals surface area contributed by atoms with Crippen LogP contribution in [0.5, 0.6) is 5.75 Å². The Morgan fingerprint density at radius 2 is 1.84 bits per heavy atom. The second kappa shape index (κ2) is 12.8. The summed E-state index contributed by atoms with van der Waals surface area (Å²) in [7, 11) is 0. The Kier molecular flexibility index (Phi) is 10.1. The van der Waals surface area contributed by atoms with Gasteiger partial charge in [0.1, 0.15) is 5.75 Å². The Balaban J connectivity index is 2.48. The molecule has 3 nitrogen and oxygen atoms in total. The molecule has 2 aromatic carbocycles. The minimum Gasteiger partial charge on any atom is -0.428 e. The van der Waals surface area contributed by atoms with Crippen molar-refractivity contribution in [2.75, 3.05) is 6.61 Å². The lowest BCUT2D eigenvalue weighted by molar-refractivity contribution is -0.253. The number of rotatable bonds is 12. The fourth-order valence-corrected chi connectivity index (χ4v) is 3.04. The average Bonchev–Trinajstić information content (AvgIpc) is 2.78. The third-order valence-corrected chi connectivity index (χ3v) is 4.59. The van der Waals surface area contributed by atoms with Crippen LogP contribution >= 0.6 is 0 Å². The maximum Gasteiger partial charge on any atom is 0.461 e. The molecular formula is C25H27F4NO2. The van der Waals surface area contributed by atoms with Crippen LogP contribution in [0.25, 0.3) is 0 Å². The quantitative estimate of drug-likeness (QED) is 0.295. The maximum atomic E-state index is 13.4. The van der Waals surface area contributed by atoms with E-state index < -0.39 is 18.5 Å². The molecule has 0 amide bonds. The smallest absolute Gasteiger partial charge is 0.428 e. The van der Waals surface area contributed by atoms with E-state index in [9.17, 15) is 22.7 Å². The van der Waals surface area contributed by atoms with E-state index >= 15 is 0 Å². The van der Waals surface area contributed by atoms with Gasteiger partial charge in [-0.25, -0.2) is 0 Å². The van der Waals surface area contributed by atoms with Crippen LogP contribution in [0.4, 0.5) is 17.6 Å². The predicted molar refractivity (Wildman–Crippen MR) is 119 cm³/mol. The van der Waals surface area contributed by atoms with E-state index in [0.717, 1.165) is 18.4 Å². The van der Waals surface area contributed by atoms with Crippen molar-refractivity contribution in [3.8, 4) is 5.75 Å². The maximum absolute atomic E-state index is 13.4. The van der Waals surface area contributed by atoms with Gasteiger partial charge in [0.2, 0.25) is 0 Å². The van der Waals surface area contributed by atoms with Gasteiger partial charge in [-0.2, -0.15) is 17.6 Å². The standard InChI is InChI=1S/C25H27F4NO2/c1-2-3-7-15-30-23(14-9-16-31)22(17-19-10-5-4-6-11-19)20-12-8-13-21(18-20)32-25(28,29)24(26)27/h4-15,18,22,24,31H,2-3,16-17H2,1H3/b14-9-,15-7+,30-23-. The molecular weight excluding hydrogens is 422 g/mol. The van der Waals surface area contributed by atoms with Crippen LogP contribution in [0.15, 0.2) is 84.0 Å². The first kappa shape index (κ1) is 25.3. The molecule has 0 saturated carbocycles. The molecule has 0 aliphatic carbocycles. The predicted octanol–water partition coefficient (Wildman–Crippen LogP) is 6.55. The number of nitrogens with zero attached hydrogens (tertiary/aromatic N) is 1. The van der Waals surface area contributed by atoms with Crippen LogP contribution in [0.3, 0.4) is 0 Å². The van der Waals surface area contributed by atoms with Crippen LogP contribution in [0.2, 0.25) is 0 Å². The largest absolute Gasteiger partial charge is 0.461 e. The van der Waals surface area contributed by atoms with Crippen molar-refractivity contribution >= 4 is 5.71 Å². The molecule has 1 atom stereocenters. The molecule has 2 rings (SSSR count). The molecule has 1 N–H and O–H groups in total. The summed E-state index contributed by atoms with van der Waals surface area (Å²) < 4.78 is 56.3. The number of benzene rings is 2. The lowest BCUT2D eigenvalue weighted by Crippen LogP contribution is -2.33. The van der Waals surface area contributed by atoms with Crippen molar-refractivity contribution in [1.29, 1.82) is 0 Å². The van der Waals surface area contributed by atoms with Gasteiger partial charge in [-0.3, -0.25) is 4.99 Å². The number of alkyl halides is 4. The zero-order chi connectivity index (χ0) is 23.4. The summed E-state index contributed by atoms with van der Waals surface area (Å²) in [5.74, 6) is -0.756. The Morgan fingerprint density at radius 3 is 2.50 bits per heavy atom. The summed E-state index contributed by atoms with van der Waals surface area (Å²) >= 11 is 0. The molecule has 0 aliphatic heterocycles. The third-order valence-electron chi connectivity index (χ3n) is 4.59. The second-order valence-electron chi connectivity index (χ2n) is 7.09. The molecule has 0 bridgehead atoms. The van der Waals surface area contributed by atoms with Crippen LogP contribution in [-0.4, -0.2) is 30.0 Å². The molecule has 32 heavy (non-hydrogen) atoms. The zero-order valence-electron chi connectivity index (χ0n) is 17.8. The van der Waals surface area contributed by atoms with E-state index in [0.29, 0.717) is 17.7 Å². The molecule has 0 aromatic heterocycles. The normalized spacial score (nSPS) is 13.9. The van der Waals surface area contributed by atoms with Crippen molar-refractivity contribution in [2.45, 2.75) is 44.6 Å². The first-order valence-corrected chi connectivity index (χ1v) is 10.4. The number of unbranched alkanes of at least 4 members (excludes halogenated alkanes) is 1. The number of aliphatic hydroxyl groups is 1. The first-order chi connectivity index (χ1) is 15.4. The van der Waals surface area contributed by atoms with Gasteiger partial charge in [0.15, 0.2) is 0 Å². The topological polar surface area (TPSA) is 41.8 Å². The van der Waals surface area contributed by atoms with Crippen molar-refractivity contribution in [2.24, 2.45) is 4.99 Å². The molecule has 7 heteroatoms. The highest BCUT2D eigenvalue weighted by atomic mass is 19.3. The summed E-state index contributed by atoms with van der Waals surface area (Å²) in [5.41, 5.74) is 2.14. The fourth-order valence-electron chi connectivity index (χ4n) is 3.04. The second-order valence-corrected chi connectivity index (χ2v) is 7.09. The van der Waals surface area contributed by atoms with Crippen molar-refractivity contribution in [1.82, 2.24) is 0 Å². The summed E-state index contributed by atoms with van der Waals surface area (Å²) in [4.78, 5) is 4.53. The summed E-state index contributed by atoms with van der Waals surface area (Å²) in [6.45, 7) is 1.85. The Labute approximate surface area is 185 Å². The summed E-state index contributed by atoms with van der Waals surface area (Å²) in [5, 5.41) is 9.26. The highest BCUT2D eigenvalue weighted by Gasteiger charge is 2.44. The zero-order valence-corrected chi connectivity index (χ0v) is 17.8. The van der Waals surface area contributed by atoms with Gasteiger partial charge in [-0.05, 0) is 42.2 Å². The van der Waals surface area contributed by atoms with Crippen molar-refractivity contribution < 1.29 is 27.4 Å². The number of halogens is 4. The lowest BCUT2D eigenvalue weighted by atomic mass is 9.87. The Bertz CT molecular complexity index is 911.